The van der Waals surface area contributed by atoms with E-state index in [0.717, 1.165) is 22.4 Å². The first-order valence-corrected chi connectivity index (χ1v) is 10.7. The Morgan fingerprint density at radius 2 is 1.84 bits per heavy atom. The summed E-state index contributed by atoms with van der Waals surface area (Å²) in [5.41, 5.74) is 3.09. The molecule has 1 unspecified atom stereocenters. The largest absolute Gasteiger partial charge is 0.334 e. The molecule has 6 nitrogen and oxygen atoms in total. The van der Waals surface area contributed by atoms with Gasteiger partial charge in [0, 0.05) is 27.9 Å². The van der Waals surface area contributed by atoms with E-state index in [2.05, 4.69) is 29.3 Å². The van der Waals surface area contributed by atoms with Crippen LogP contribution in [-0.2, 0) is 0 Å². The molecule has 0 fully saturated rings. The number of allylic oxidation sites excluding steroid dienone is 1. The number of rotatable bonds is 5. The minimum Gasteiger partial charge on any atom is -0.334 e. The third-order valence-electron chi connectivity index (χ3n) is 5.07. The fourth-order valence-corrected chi connectivity index (χ4v) is 4.05. The zero-order valence-electron chi connectivity index (χ0n) is 17.4. The van der Waals surface area contributed by atoms with Crippen LogP contribution < -0.4 is 5.32 Å². The molecule has 0 radical (unpaired) electrons. The Bertz CT molecular complexity index is 1160. The second kappa shape index (κ2) is 8.73. The molecule has 1 aromatic heterocycles. The number of hydrogen-bond donors (Lipinski definition) is 1. The van der Waals surface area contributed by atoms with Gasteiger partial charge in [-0.05, 0) is 42.7 Å². The van der Waals surface area contributed by atoms with Crippen molar-refractivity contribution >= 4 is 34.8 Å². The van der Waals surface area contributed by atoms with Crippen LogP contribution in [0.2, 0.25) is 10.0 Å². The Labute approximate surface area is 190 Å². The highest BCUT2D eigenvalue weighted by Gasteiger charge is 2.36. The highest BCUT2D eigenvalue weighted by molar-refractivity contribution is 6.31. The predicted molar refractivity (Wildman–Crippen MR) is 122 cm³/mol. The van der Waals surface area contributed by atoms with E-state index in [1.807, 2.05) is 37.3 Å². The van der Waals surface area contributed by atoms with Crippen LogP contribution in [0.1, 0.15) is 38.3 Å². The highest BCUT2D eigenvalue weighted by Crippen LogP contribution is 2.38. The van der Waals surface area contributed by atoms with Gasteiger partial charge in [-0.25, -0.2) is 4.79 Å². The van der Waals surface area contributed by atoms with Crippen molar-refractivity contribution in [1.82, 2.24) is 20.4 Å². The van der Waals surface area contributed by atoms with Gasteiger partial charge in [0.2, 0.25) is 5.82 Å². The Hall–Kier alpha value is -2.83. The Kier molecular flexibility index (Phi) is 6.03. The predicted octanol–water partition coefficient (Wildman–Crippen LogP) is 6.20. The number of hydrogen-bond acceptors (Lipinski definition) is 4. The highest BCUT2D eigenvalue weighted by atomic mass is 35.5. The van der Waals surface area contributed by atoms with E-state index in [-0.39, 0.29) is 11.9 Å². The zero-order chi connectivity index (χ0) is 22.1. The van der Waals surface area contributed by atoms with Crippen molar-refractivity contribution in [3.05, 3.63) is 75.7 Å². The lowest BCUT2D eigenvalue weighted by molar-refractivity contribution is 0.199. The van der Waals surface area contributed by atoms with Crippen LogP contribution in [0.4, 0.5) is 4.79 Å². The number of amides is 2. The second-order valence-corrected chi connectivity index (χ2v) is 8.75. The Balaban J connectivity index is 1.83. The number of halogens is 2. The summed E-state index contributed by atoms with van der Waals surface area (Å²) in [4.78, 5) is 19.3. The average Bonchev–Trinajstić information content (AvgIpc) is 3.20. The summed E-state index contributed by atoms with van der Waals surface area (Å²) in [7, 11) is 0. The summed E-state index contributed by atoms with van der Waals surface area (Å²) in [5, 5.41) is 8.39. The topological polar surface area (TPSA) is 71.3 Å². The smallest absolute Gasteiger partial charge is 0.322 e. The number of carbonyl (C=O) groups is 1. The van der Waals surface area contributed by atoms with Crippen molar-refractivity contribution in [3.8, 4) is 11.4 Å². The van der Waals surface area contributed by atoms with Crippen molar-refractivity contribution < 1.29 is 9.32 Å². The van der Waals surface area contributed by atoms with Gasteiger partial charge in [-0.15, -0.1) is 0 Å². The molecule has 2 amide bonds. The van der Waals surface area contributed by atoms with Gasteiger partial charge in [0.1, 0.15) is 0 Å². The van der Waals surface area contributed by atoms with Crippen LogP contribution in [0.15, 0.2) is 58.8 Å². The van der Waals surface area contributed by atoms with Gasteiger partial charge in [0.25, 0.3) is 5.89 Å². The molecule has 0 bridgehead atoms. The normalized spacial score (nSPS) is 16.8. The van der Waals surface area contributed by atoms with E-state index in [0.29, 0.717) is 28.3 Å². The van der Waals surface area contributed by atoms with Crippen molar-refractivity contribution in [2.24, 2.45) is 5.92 Å². The summed E-state index contributed by atoms with van der Waals surface area (Å²) in [6.07, 6.45) is 0. The summed E-state index contributed by atoms with van der Waals surface area (Å²) in [6.45, 7) is 6.59. The van der Waals surface area contributed by atoms with Crippen molar-refractivity contribution in [3.63, 3.8) is 0 Å². The first kappa shape index (κ1) is 21.4. The Morgan fingerprint density at radius 3 is 2.52 bits per heavy atom. The standard InChI is InChI=1S/C23H22Cl2N4O2/c1-13(2)12-29-14(3)19(20(26-23(29)30)15-6-4-8-17(24)10-15)22-27-21(28-31-22)16-7-5-9-18(25)11-16/h4-11,13,20H,12H2,1-3H3,(H,26,30). The van der Waals surface area contributed by atoms with E-state index >= 15 is 0 Å². The quantitative estimate of drug-likeness (QED) is 0.496. The molecular formula is C23H22Cl2N4O2. The molecule has 8 heteroatoms. The fourth-order valence-electron chi connectivity index (χ4n) is 3.66. The maximum atomic E-state index is 12.9. The molecule has 160 valence electrons. The molecule has 1 aliphatic heterocycles. The number of aromatic nitrogens is 2. The van der Waals surface area contributed by atoms with Crippen LogP contribution in [0.5, 0.6) is 0 Å². The third-order valence-corrected chi connectivity index (χ3v) is 5.54. The maximum absolute atomic E-state index is 12.9. The number of nitrogens with zero attached hydrogens (tertiary/aromatic N) is 3. The molecular weight excluding hydrogens is 435 g/mol. The van der Waals surface area contributed by atoms with Crippen molar-refractivity contribution in [1.29, 1.82) is 0 Å². The van der Waals surface area contributed by atoms with Crippen LogP contribution in [0.25, 0.3) is 17.0 Å². The minimum atomic E-state index is -0.470. The molecule has 2 heterocycles. The molecule has 2 aromatic carbocycles. The van der Waals surface area contributed by atoms with Gasteiger partial charge in [0.15, 0.2) is 0 Å². The second-order valence-electron chi connectivity index (χ2n) is 7.87. The van der Waals surface area contributed by atoms with E-state index in [1.54, 1.807) is 23.1 Å². The summed E-state index contributed by atoms with van der Waals surface area (Å²) < 4.78 is 5.67. The van der Waals surface area contributed by atoms with E-state index in [4.69, 9.17) is 27.7 Å². The van der Waals surface area contributed by atoms with Gasteiger partial charge in [-0.3, -0.25) is 4.90 Å². The number of carbonyl (C=O) groups excluding carboxylic acids is 1. The molecule has 1 N–H and O–H groups in total. The Morgan fingerprint density at radius 1 is 1.13 bits per heavy atom. The first-order chi connectivity index (χ1) is 14.8. The van der Waals surface area contributed by atoms with Gasteiger partial charge in [-0.2, -0.15) is 4.98 Å². The van der Waals surface area contributed by atoms with Crippen LogP contribution in [0, 0.1) is 5.92 Å². The van der Waals surface area contributed by atoms with Gasteiger partial charge in [0.05, 0.1) is 11.6 Å². The molecule has 1 aliphatic rings. The van der Waals surface area contributed by atoms with E-state index < -0.39 is 6.04 Å². The minimum absolute atomic E-state index is 0.172. The SMILES string of the molecule is CC1=C(c2nc(-c3cccc(Cl)c3)no2)C(c2cccc(Cl)c2)NC(=O)N1CC(C)C. The maximum Gasteiger partial charge on any atom is 0.322 e. The lowest BCUT2D eigenvalue weighted by Crippen LogP contribution is -2.47. The summed E-state index contributed by atoms with van der Waals surface area (Å²) in [6, 6.07) is 14.0. The van der Waals surface area contributed by atoms with Crippen LogP contribution >= 0.6 is 23.2 Å². The average molecular weight is 457 g/mol. The first-order valence-electron chi connectivity index (χ1n) is 9.97. The monoisotopic (exact) mass is 456 g/mol. The molecule has 0 saturated heterocycles. The lowest BCUT2D eigenvalue weighted by atomic mass is 9.94. The van der Waals surface area contributed by atoms with Crippen molar-refractivity contribution in [2.45, 2.75) is 26.8 Å². The molecule has 31 heavy (non-hydrogen) atoms. The number of nitrogens with one attached hydrogen (secondary N) is 1. The van der Waals surface area contributed by atoms with Gasteiger partial charge >= 0.3 is 6.03 Å². The van der Waals surface area contributed by atoms with Crippen LogP contribution in [-0.4, -0.2) is 27.6 Å². The molecule has 4 rings (SSSR count). The summed E-state index contributed by atoms with van der Waals surface area (Å²) in [5.74, 6) is 1.05. The lowest BCUT2D eigenvalue weighted by Gasteiger charge is -2.36. The zero-order valence-corrected chi connectivity index (χ0v) is 18.9. The number of urea groups is 1. The number of benzene rings is 2. The van der Waals surface area contributed by atoms with Gasteiger partial charge < -0.3 is 9.84 Å². The third kappa shape index (κ3) is 4.45. The van der Waals surface area contributed by atoms with Crippen LogP contribution in [0.3, 0.4) is 0 Å². The molecule has 0 spiro atoms. The molecule has 3 aromatic rings. The fraction of sp³-hybridized carbons (Fsp3) is 0.261. The summed E-state index contributed by atoms with van der Waals surface area (Å²) >= 11 is 12.3. The molecule has 0 saturated carbocycles. The van der Waals surface area contributed by atoms with Crippen molar-refractivity contribution in [2.75, 3.05) is 6.54 Å². The van der Waals surface area contributed by atoms with Gasteiger partial charge in [-0.1, -0.05) is 66.5 Å². The molecule has 0 aliphatic carbocycles. The van der Waals surface area contributed by atoms with E-state index in [1.165, 1.54) is 0 Å². The molecule has 1 atom stereocenters. The van der Waals surface area contributed by atoms with E-state index in [9.17, 15) is 4.79 Å².